The maximum absolute atomic E-state index is 12.0. The van der Waals surface area contributed by atoms with Gasteiger partial charge in [-0.2, -0.15) is 0 Å². The van der Waals surface area contributed by atoms with Gasteiger partial charge in [-0.05, 0) is 57.2 Å². The van der Waals surface area contributed by atoms with Crippen molar-refractivity contribution in [2.45, 2.75) is 52.1 Å². The third kappa shape index (κ3) is 4.89. The summed E-state index contributed by atoms with van der Waals surface area (Å²) in [4.78, 5) is 12.0. The van der Waals surface area contributed by atoms with Crippen LogP contribution in [0.4, 0.5) is 0 Å². The largest absolute Gasteiger partial charge is 0.456 e. The minimum atomic E-state index is -0.495. The molecule has 3 heteroatoms. The molecule has 1 aromatic carbocycles. The Morgan fingerprint density at radius 3 is 2.52 bits per heavy atom. The van der Waals surface area contributed by atoms with E-state index in [-0.39, 0.29) is 5.97 Å². The summed E-state index contributed by atoms with van der Waals surface area (Å²) in [6, 6.07) is 5.34. The average molecular weight is 307 g/mol. The fourth-order valence-corrected chi connectivity index (χ4v) is 2.76. The Labute approximate surface area is 132 Å². The standard InChI is InChI=1S/C18H23ClO2/c1-18(2,3)21-17(20)15-11-10-14(16(19)12-15)9-8-13-6-4-5-7-13/h8-13H,4-7H2,1-3H3. The van der Waals surface area contributed by atoms with Crippen LogP contribution in [0.25, 0.3) is 6.08 Å². The molecule has 114 valence electrons. The van der Waals surface area contributed by atoms with E-state index in [0.29, 0.717) is 16.5 Å². The normalized spacial score (nSPS) is 16.6. The van der Waals surface area contributed by atoms with Crippen molar-refractivity contribution in [3.63, 3.8) is 0 Å². The highest BCUT2D eigenvalue weighted by molar-refractivity contribution is 6.32. The van der Waals surface area contributed by atoms with E-state index in [1.807, 2.05) is 26.8 Å². The van der Waals surface area contributed by atoms with Gasteiger partial charge in [0.25, 0.3) is 0 Å². The van der Waals surface area contributed by atoms with Crippen LogP contribution < -0.4 is 0 Å². The topological polar surface area (TPSA) is 26.3 Å². The monoisotopic (exact) mass is 306 g/mol. The molecule has 1 fully saturated rings. The Balaban J connectivity index is 2.08. The molecule has 21 heavy (non-hydrogen) atoms. The molecule has 0 radical (unpaired) electrons. The minimum absolute atomic E-state index is 0.337. The molecule has 0 aliphatic heterocycles. The molecule has 0 aromatic heterocycles. The zero-order valence-corrected chi connectivity index (χ0v) is 13.7. The van der Waals surface area contributed by atoms with Crippen LogP contribution in [0.3, 0.4) is 0 Å². The van der Waals surface area contributed by atoms with E-state index in [0.717, 1.165) is 5.56 Å². The van der Waals surface area contributed by atoms with E-state index in [2.05, 4.69) is 12.2 Å². The number of carbonyl (C=O) groups excluding carboxylic acids is 1. The molecule has 1 saturated carbocycles. The summed E-state index contributed by atoms with van der Waals surface area (Å²) < 4.78 is 5.34. The van der Waals surface area contributed by atoms with Crippen LogP contribution in [0.1, 0.15) is 62.4 Å². The smallest absolute Gasteiger partial charge is 0.338 e. The molecule has 0 amide bonds. The van der Waals surface area contributed by atoms with E-state index in [9.17, 15) is 4.79 Å². The molecular formula is C18H23ClO2. The number of allylic oxidation sites excluding steroid dienone is 1. The minimum Gasteiger partial charge on any atom is -0.456 e. The Kier molecular flexibility index (Phi) is 5.10. The number of benzene rings is 1. The highest BCUT2D eigenvalue weighted by Gasteiger charge is 2.18. The van der Waals surface area contributed by atoms with E-state index < -0.39 is 5.60 Å². The molecule has 2 rings (SSSR count). The molecule has 0 bridgehead atoms. The molecule has 1 aromatic rings. The van der Waals surface area contributed by atoms with E-state index >= 15 is 0 Å². The van der Waals surface area contributed by atoms with Crippen LogP contribution in [0, 0.1) is 5.92 Å². The first-order chi connectivity index (χ1) is 9.85. The lowest BCUT2D eigenvalue weighted by Crippen LogP contribution is -2.23. The van der Waals surface area contributed by atoms with E-state index in [4.69, 9.17) is 16.3 Å². The predicted octanol–water partition coefficient (Wildman–Crippen LogP) is 5.50. The molecule has 1 aliphatic carbocycles. The third-order valence-electron chi connectivity index (χ3n) is 3.58. The van der Waals surface area contributed by atoms with Crippen molar-refractivity contribution < 1.29 is 9.53 Å². The first-order valence-electron chi connectivity index (χ1n) is 7.56. The van der Waals surface area contributed by atoms with Gasteiger partial charge in [0.1, 0.15) is 5.60 Å². The van der Waals surface area contributed by atoms with Crippen LogP contribution >= 0.6 is 11.6 Å². The number of halogens is 1. The number of hydrogen-bond acceptors (Lipinski definition) is 2. The van der Waals surface area contributed by atoms with Crippen molar-refractivity contribution in [3.05, 3.63) is 40.4 Å². The molecule has 0 spiro atoms. The number of hydrogen-bond donors (Lipinski definition) is 0. The van der Waals surface area contributed by atoms with Gasteiger partial charge in [-0.15, -0.1) is 0 Å². The first-order valence-corrected chi connectivity index (χ1v) is 7.94. The molecule has 0 atom stereocenters. The first kappa shape index (κ1) is 16.1. The lowest BCUT2D eigenvalue weighted by Gasteiger charge is -2.19. The van der Waals surface area contributed by atoms with E-state index in [1.54, 1.807) is 12.1 Å². The third-order valence-corrected chi connectivity index (χ3v) is 3.91. The average Bonchev–Trinajstić information content (AvgIpc) is 2.88. The van der Waals surface area contributed by atoms with E-state index in [1.165, 1.54) is 25.7 Å². The Bertz CT molecular complexity index is 535. The second-order valence-electron chi connectivity index (χ2n) is 6.64. The molecule has 0 heterocycles. The molecular weight excluding hydrogens is 284 g/mol. The lowest BCUT2D eigenvalue weighted by atomic mass is 10.1. The number of carbonyl (C=O) groups is 1. The van der Waals surface area contributed by atoms with Crippen LogP contribution in [0.2, 0.25) is 5.02 Å². The Morgan fingerprint density at radius 1 is 1.29 bits per heavy atom. The van der Waals surface area contributed by atoms with Crippen molar-refractivity contribution in [2.24, 2.45) is 5.92 Å². The Hall–Kier alpha value is -1.28. The number of esters is 1. The lowest BCUT2D eigenvalue weighted by molar-refractivity contribution is 0.00695. The van der Waals surface area contributed by atoms with Gasteiger partial charge in [0.15, 0.2) is 0 Å². The van der Waals surface area contributed by atoms with Crippen molar-refractivity contribution >= 4 is 23.6 Å². The summed E-state index contributed by atoms with van der Waals surface area (Å²) in [5.74, 6) is 0.335. The molecule has 0 saturated heterocycles. The molecule has 2 nitrogen and oxygen atoms in total. The fraction of sp³-hybridized carbons (Fsp3) is 0.500. The van der Waals surface area contributed by atoms with Crippen molar-refractivity contribution in [1.29, 1.82) is 0 Å². The molecule has 0 N–H and O–H groups in total. The zero-order valence-electron chi connectivity index (χ0n) is 13.0. The second kappa shape index (κ2) is 6.65. The summed E-state index contributed by atoms with van der Waals surface area (Å²) in [6.45, 7) is 5.56. The SMILES string of the molecule is CC(C)(C)OC(=O)c1ccc(C=CC2CCCC2)c(Cl)c1. The van der Waals surface area contributed by atoms with Gasteiger partial charge in [0, 0.05) is 5.02 Å². The quantitative estimate of drug-likeness (QED) is 0.689. The predicted molar refractivity (Wildman–Crippen MR) is 87.6 cm³/mol. The van der Waals surface area contributed by atoms with Crippen LogP contribution in [-0.2, 0) is 4.74 Å². The van der Waals surface area contributed by atoms with Crippen LogP contribution in [-0.4, -0.2) is 11.6 Å². The van der Waals surface area contributed by atoms with Crippen LogP contribution in [0.5, 0.6) is 0 Å². The molecule has 1 aliphatic rings. The molecule has 0 unspecified atom stereocenters. The van der Waals surface area contributed by atoms with Crippen molar-refractivity contribution in [1.82, 2.24) is 0 Å². The van der Waals surface area contributed by atoms with Gasteiger partial charge >= 0.3 is 5.97 Å². The highest BCUT2D eigenvalue weighted by Crippen LogP contribution is 2.28. The van der Waals surface area contributed by atoms with Crippen molar-refractivity contribution in [3.8, 4) is 0 Å². The van der Waals surface area contributed by atoms with Gasteiger partial charge < -0.3 is 4.74 Å². The van der Waals surface area contributed by atoms with Crippen molar-refractivity contribution in [2.75, 3.05) is 0 Å². The van der Waals surface area contributed by atoms with Crippen LogP contribution in [0.15, 0.2) is 24.3 Å². The summed E-state index contributed by atoms with van der Waals surface area (Å²) in [6.07, 6.45) is 9.48. The Morgan fingerprint density at radius 2 is 1.95 bits per heavy atom. The van der Waals surface area contributed by atoms with Gasteiger partial charge in [0.05, 0.1) is 5.56 Å². The zero-order chi connectivity index (χ0) is 15.5. The maximum atomic E-state index is 12.0. The van der Waals surface area contributed by atoms with Gasteiger partial charge in [-0.25, -0.2) is 4.79 Å². The number of rotatable bonds is 3. The summed E-state index contributed by atoms with van der Waals surface area (Å²) in [7, 11) is 0. The summed E-state index contributed by atoms with van der Waals surface area (Å²) in [5.41, 5.74) is 0.953. The second-order valence-corrected chi connectivity index (χ2v) is 7.05. The summed E-state index contributed by atoms with van der Waals surface area (Å²) in [5, 5.41) is 0.590. The fourth-order valence-electron chi connectivity index (χ4n) is 2.52. The van der Waals surface area contributed by atoms with Gasteiger partial charge in [-0.3, -0.25) is 0 Å². The van der Waals surface area contributed by atoms with Gasteiger partial charge in [-0.1, -0.05) is 42.7 Å². The van der Waals surface area contributed by atoms with Gasteiger partial charge in [0.2, 0.25) is 0 Å². The highest BCUT2D eigenvalue weighted by atomic mass is 35.5. The maximum Gasteiger partial charge on any atom is 0.338 e. The number of ether oxygens (including phenoxy) is 1. The summed E-state index contributed by atoms with van der Waals surface area (Å²) >= 11 is 6.27.